The molecule has 0 aromatic heterocycles. The normalized spacial score (nSPS) is 19.8. The van der Waals surface area contributed by atoms with Crippen LogP contribution in [0.3, 0.4) is 0 Å². The second kappa shape index (κ2) is 12.8. The van der Waals surface area contributed by atoms with Crippen molar-refractivity contribution in [2.75, 3.05) is 36.1 Å². The van der Waals surface area contributed by atoms with E-state index in [9.17, 15) is 14.4 Å². The molecule has 0 radical (unpaired) electrons. The molecule has 4 aromatic rings. The highest BCUT2D eigenvalue weighted by Crippen LogP contribution is 2.50. The van der Waals surface area contributed by atoms with Crippen LogP contribution in [0.25, 0.3) is 6.08 Å². The van der Waals surface area contributed by atoms with Crippen LogP contribution >= 0.6 is 0 Å². The molecule has 0 saturated carbocycles. The SMILES string of the molecule is CCOc1ccc(/C=C2\C(=O)NC(=O)N(c3cc4c5c(c3)[C@H](c3ccccc3)CCN5CC[C@H]4c3ccccc3)C2=O)cc1OCC. The third kappa shape index (κ3) is 5.65. The van der Waals surface area contributed by atoms with Gasteiger partial charge in [0.05, 0.1) is 18.9 Å². The molecule has 4 amide bonds. The molecule has 47 heavy (non-hydrogen) atoms. The molecule has 0 spiro atoms. The van der Waals surface area contributed by atoms with Gasteiger partial charge in [-0.2, -0.15) is 0 Å². The van der Waals surface area contributed by atoms with Crippen molar-refractivity contribution in [1.82, 2.24) is 5.32 Å². The van der Waals surface area contributed by atoms with Crippen molar-refractivity contribution in [3.05, 3.63) is 124 Å². The van der Waals surface area contributed by atoms with Crippen LogP contribution in [0.1, 0.15) is 66.3 Å². The van der Waals surface area contributed by atoms with E-state index in [1.807, 2.05) is 62.4 Å². The number of hydrogen-bond acceptors (Lipinski definition) is 6. The fourth-order valence-corrected chi connectivity index (χ4v) is 7.18. The Kier molecular flexibility index (Phi) is 8.24. The van der Waals surface area contributed by atoms with Crippen molar-refractivity contribution in [2.24, 2.45) is 0 Å². The molecule has 238 valence electrons. The van der Waals surface area contributed by atoms with E-state index in [4.69, 9.17) is 9.47 Å². The van der Waals surface area contributed by atoms with Gasteiger partial charge in [0.1, 0.15) is 5.57 Å². The number of carbonyl (C=O) groups is 3. The first-order chi connectivity index (χ1) is 23.0. The monoisotopic (exact) mass is 627 g/mol. The summed E-state index contributed by atoms with van der Waals surface area (Å²) in [4.78, 5) is 44.4. The van der Waals surface area contributed by atoms with E-state index < -0.39 is 17.8 Å². The molecule has 0 aliphatic carbocycles. The minimum atomic E-state index is -0.762. The van der Waals surface area contributed by atoms with Crippen LogP contribution < -0.4 is 24.6 Å². The number of ether oxygens (including phenoxy) is 2. The number of carbonyl (C=O) groups excluding carboxylic acids is 3. The summed E-state index contributed by atoms with van der Waals surface area (Å²) >= 11 is 0. The van der Waals surface area contributed by atoms with Gasteiger partial charge in [-0.3, -0.25) is 14.9 Å². The first-order valence-corrected chi connectivity index (χ1v) is 16.3. The van der Waals surface area contributed by atoms with E-state index in [1.54, 1.807) is 18.2 Å². The number of nitrogens with one attached hydrogen (secondary N) is 1. The standard InChI is InChI=1S/C39H37N3O5/c1-3-46-34-16-15-25(22-35(34)47-4-2)21-33-37(43)40-39(45)42(38(33)44)28-23-31-29(26-11-7-5-8-12-26)17-19-41-20-18-30(32(24-28)36(31)41)27-13-9-6-10-14-27/h5-16,21-24,29-30H,3-4,17-20H2,1-2H3,(H,40,43,45)/b33-21+/t29-,30-/m0/s1. The van der Waals surface area contributed by atoms with Gasteiger partial charge in [0.15, 0.2) is 11.5 Å². The van der Waals surface area contributed by atoms with E-state index in [1.165, 1.54) is 22.9 Å². The van der Waals surface area contributed by atoms with Crippen molar-refractivity contribution < 1.29 is 23.9 Å². The van der Waals surface area contributed by atoms with Gasteiger partial charge in [-0.1, -0.05) is 66.7 Å². The van der Waals surface area contributed by atoms with E-state index >= 15 is 0 Å². The molecule has 1 fully saturated rings. The second-order valence-corrected chi connectivity index (χ2v) is 12.0. The van der Waals surface area contributed by atoms with Gasteiger partial charge < -0.3 is 14.4 Å². The third-order valence-electron chi connectivity index (χ3n) is 9.24. The fraction of sp³-hybridized carbons (Fsp3) is 0.256. The number of nitrogens with zero attached hydrogens (tertiary/aromatic N) is 2. The number of imide groups is 2. The number of urea groups is 1. The minimum Gasteiger partial charge on any atom is -0.490 e. The Labute approximate surface area is 274 Å². The summed E-state index contributed by atoms with van der Waals surface area (Å²) < 4.78 is 11.4. The minimum absolute atomic E-state index is 0.0936. The maximum atomic E-state index is 14.2. The van der Waals surface area contributed by atoms with Crippen molar-refractivity contribution >= 4 is 35.3 Å². The van der Waals surface area contributed by atoms with Gasteiger partial charge in [-0.05, 0) is 84.8 Å². The average molecular weight is 628 g/mol. The Morgan fingerprint density at radius 2 is 1.32 bits per heavy atom. The molecule has 8 heteroatoms. The molecule has 1 saturated heterocycles. The Hall–Kier alpha value is -5.37. The molecular weight excluding hydrogens is 590 g/mol. The zero-order valence-electron chi connectivity index (χ0n) is 26.6. The van der Waals surface area contributed by atoms with Crippen LogP contribution in [0.4, 0.5) is 16.2 Å². The Morgan fingerprint density at radius 3 is 1.89 bits per heavy atom. The molecular formula is C39H37N3O5. The summed E-state index contributed by atoms with van der Waals surface area (Å²) in [5, 5.41) is 2.42. The lowest BCUT2D eigenvalue weighted by Gasteiger charge is -2.44. The first-order valence-electron chi connectivity index (χ1n) is 16.3. The maximum Gasteiger partial charge on any atom is 0.335 e. The number of rotatable bonds is 8. The molecule has 0 bridgehead atoms. The lowest BCUT2D eigenvalue weighted by Crippen LogP contribution is -2.54. The van der Waals surface area contributed by atoms with E-state index in [-0.39, 0.29) is 17.4 Å². The summed E-state index contributed by atoms with van der Waals surface area (Å²) in [6.07, 6.45) is 3.33. The van der Waals surface area contributed by atoms with Gasteiger partial charge in [0, 0.05) is 30.6 Å². The fourth-order valence-electron chi connectivity index (χ4n) is 7.18. The van der Waals surface area contributed by atoms with Gasteiger partial charge in [0.25, 0.3) is 11.8 Å². The van der Waals surface area contributed by atoms with E-state index in [0.29, 0.717) is 36.0 Å². The van der Waals surface area contributed by atoms with Crippen LogP contribution in [0.2, 0.25) is 0 Å². The second-order valence-electron chi connectivity index (χ2n) is 12.0. The van der Waals surface area contributed by atoms with Gasteiger partial charge >= 0.3 is 6.03 Å². The van der Waals surface area contributed by atoms with Crippen LogP contribution in [0.5, 0.6) is 11.5 Å². The van der Waals surface area contributed by atoms with Crippen LogP contribution in [0.15, 0.2) is 96.6 Å². The number of anilines is 2. The van der Waals surface area contributed by atoms with Crippen LogP contribution in [0, 0.1) is 0 Å². The Bertz CT molecular complexity index is 1800. The third-order valence-corrected chi connectivity index (χ3v) is 9.24. The average Bonchev–Trinajstić information content (AvgIpc) is 3.09. The largest absolute Gasteiger partial charge is 0.490 e. The summed E-state index contributed by atoms with van der Waals surface area (Å²) in [6.45, 7) is 6.51. The first kappa shape index (κ1) is 30.3. The number of barbiturate groups is 1. The summed E-state index contributed by atoms with van der Waals surface area (Å²) in [5.74, 6) is -0.137. The summed E-state index contributed by atoms with van der Waals surface area (Å²) in [5.41, 5.74) is 6.64. The zero-order valence-corrected chi connectivity index (χ0v) is 26.6. The maximum absolute atomic E-state index is 14.2. The van der Waals surface area contributed by atoms with Crippen molar-refractivity contribution in [1.29, 1.82) is 0 Å². The van der Waals surface area contributed by atoms with Gasteiger partial charge in [-0.25, -0.2) is 9.69 Å². The zero-order chi connectivity index (χ0) is 32.5. The number of amides is 4. The molecule has 3 heterocycles. The molecule has 7 rings (SSSR count). The quantitative estimate of drug-likeness (QED) is 0.167. The molecule has 0 unspecified atom stereocenters. The van der Waals surface area contributed by atoms with Crippen molar-refractivity contribution in [2.45, 2.75) is 38.5 Å². The van der Waals surface area contributed by atoms with E-state index in [2.05, 4.69) is 34.5 Å². The highest BCUT2D eigenvalue weighted by atomic mass is 16.5. The molecule has 4 aromatic carbocycles. The number of benzene rings is 4. The summed E-state index contributed by atoms with van der Waals surface area (Å²) in [7, 11) is 0. The topological polar surface area (TPSA) is 88.2 Å². The molecule has 8 nitrogen and oxygen atoms in total. The predicted molar refractivity (Wildman–Crippen MR) is 182 cm³/mol. The van der Waals surface area contributed by atoms with Crippen molar-refractivity contribution in [3.8, 4) is 11.5 Å². The predicted octanol–water partition coefficient (Wildman–Crippen LogP) is 7.03. The van der Waals surface area contributed by atoms with E-state index in [0.717, 1.165) is 42.0 Å². The molecule has 3 aliphatic rings. The Morgan fingerprint density at radius 1 is 0.745 bits per heavy atom. The highest BCUT2D eigenvalue weighted by Gasteiger charge is 2.40. The summed E-state index contributed by atoms with van der Waals surface area (Å²) in [6, 6.07) is 29.2. The lowest BCUT2D eigenvalue weighted by atomic mass is 9.76. The van der Waals surface area contributed by atoms with Gasteiger partial charge in [0.2, 0.25) is 0 Å². The smallest absolute Gasteiger partial charge is 0.335 e. The molecule has 2 atom stereocenters. The number of hydrogen-bond donors (Lipinski definition) is 1. The van der Waals surface area contributed by atoms with Crippen molar-refractivity contribution in [3.63, 3.8) is 0 Å². The Balaban J connectivity index is 1.35. The lowest BCUT2D eigenvalue weighted by molar-refractivity contribution is -0.122. The highest BCUT2D eigenvalue weighted by molar-refractivity contribution is 6.39. The molecule has 3 aliphatic heterocycles. The van der Waals surface area contributed by atoms with Crippen LogP contribution in [-0.4, -0.2) is 44.1 Å². The van der Waals surface area contributed by atoms with Crippen LogP contribution in [-0.2, 0) is 9.59 Å². The van der Waals surface area contributed by atoms with Gasteiger partial charge in [-0.15, -0.1) is 0 Å². The molecule has 1 N–H and O–H groups in total.